The monoisotopic (exact) mass is 357 g/mol. The molecule has 3 amide bonds. The number of benzene rings is 1. The normalized spacial score (nSPS) is 18.8. The van der Waals surface area contributed by atoms with Gasteiger partial charge >= 0.3 is 6.03 Å². The predicted octanol–water partition coefficient (Wildman–Crippen LogP) is 2.57. The van der Waals surface area contributed by atoms with Crippen molar-refractivity contribution < 1.29 is 9.59 Å². The van der Waals surface area contributed by atoms with E-state index in [2.05, 4.69) is 20.6 Å². The zero-order valence-electron chi connectivity index (χ0n) is 15.7. The standard InChI is InChI=1S/C19H27N5O2/c1-11(2)16(17-20-13-7-5-6-8-14(13)21-17)23-19(26)22-15-9-10-24(12(3)4)18(15)25/h5-8,11-12,15-16H,9-10H2,1-4H3,(H,20,21)(H2,22,23,26). The van der Waals surface area contributed by atoms with Crippen LogP contribution >= 0.6 is 0 Å². The topological polar surface area (TPSA) is 90.1 Å². The molecule has 1 saturated heterocycles. The predicted molar refractivity (Wildman–Crippen MR) is 101 cm³/mol. The number of fused-ring (bicyclic) bond motifs is 1. The van der Waals surface area contributed by atoms with Crippen molar-refractivity contribution in [2.24, 2.45) is 5.92 Å². The van der Waals surface area contributed by atoms with E-state index in [-0.39, 0.29) is 29.9 Å². The second kappa shape index (κ2) is 7.35. The molecule has 3 N–H and O–H groups in total. The Morgan fingerprint density at radius 3 is 2.62 bits per heavy atom. The molecule has 0 spiro atoms. The molecule has 0 radical (unpaired) electrons. The summed E-state index contributed by atoms with van der Waals surface area (Å²) in [7, 11) is 0. The lowest BCUT2D eigenvalue weighted by Gasteiger charge is -2.23. The molecule has 2 aromatic rings. The van der Waals surface area contributed by atoms with E-state index in [1.54, 1.807) is 4.90 Å². The van der Waals surface area contributed by atoms with Gasteiger partial charge in [0, 0.05) is 12.6 Å². The lowest BCUT2D eigenvalue weighted by molar-refractivity contribution is -0.130. The number of carbonyl (C=O) groups excluding carboxylic acids is 2. The summed E-state index contributed by atoms with van der Waals surface area (Å²) >= 11 is 0. The zero-order chi connectivity index (χ0) is 18.8. The number of likely N-dealkylation sites (tertiary alicyclic amines) is 1. The van der Waals surface area contributed by atoms with Crippen LogP contribution < -0.4 is 10.6 Å². The molecule has 7 heteroatoms. The molecule has 140 valence electrons. The van der Waals surface area contributed by atoms with Gasteiger partial charge in [0.15, 0.2) is 0 Å². The van der Waals surface area contributed by atoms with Crippen LogP contribution in [0.1, 0.15) is 46.0 Å². The Hall–Kier alpha value is -2.57. The van der Waals surface area contributed by atoms with E-state index in [0.29, 0.717) is 13.0 Å². The van der Waals surface area contributed by atoms with E-state index in [4.69, 9.17) is 0 Å². The minimum absolute atomic E-state index is 0.0139. The number of amides is 3. The lowest BCUT2D eigenvalue weighted by Crippen LogP contribution is -2.48. The van der Waals surface area contributed by atoms with E-state index >= 15 is 0 Å². The van der Waals surface area contributed by atoms with Crippen LogP contribution in [-0.2, 0) is 4.79 Å². The number of aromatic amines is 1. The molecule has 1 aliphatic rings. The summed E-state index contributed by atoms with van der Waals surface area (Å²) < 4.78 is 0. The van der Waals surface area contributed by atoms with Crippen LogP contribution in [0.4, 0.5) is 4.79 Å². The summed E-state index contributed by atoms with van der Waals surface area (Å²) in [6, 6.07) is 6.86. The SMILES string of the molecule is CC(C)C(NC(=O)NC1CCN(C(C)C)C1=O)c1nc2ccccc2[nH]1. The molecule has 0 bridgehead atoms. The van der Waals surface area contributed by atoms with E-state index in [9.17, 15) is 9.59 Å². The Kier molecular flexibility index (Phi) is 5.15. The van der Waals surface area contributed by atoms with Gasteiger partial charge in [0.05, 0.1) is 17.1 Å². The third-order valence-electron chi connectivity index (χ3n) is 4.82. The molecular weight excluding hydrogens is 330 g/mol. The van der Waals surface area contributed by atoms with E-state index in [1.807, 2.05) is 52.0 Å². The highest BCUT2D eigenvalue weighted by Gasteiger charge is 2.34. The fourth-order valence-electron chi connectivity index (χ4n) is 3.36. The number of hydrogen-bond donors (Lipinski definition) is 3. The van der Waals surface area contributed by atoms with Crippen LogP contribution in [0.15, 0.2) is 24.3 Å². The second-order valence-electron chi connectivity index (χ2n) is 7.45. The summed E-state index contributed by atoms with van der Waals surface area (Å²) in [5.41, 5.74) is 1.81. The molecule has 0 aliphatic carbocycles. The van der Waals surface area contributed by atoms with Crippen LogP contribution in [0.5, 0.6) is 0 Å². The first kappa shape index (κ1) is 18.2. The van der Waals surface area contributed by atoms with Crippen molar-refractivity contribution in [1.29, 1.82) is 0 Å². The van der Waals surface area contributed by atoms with E-state index in [1.165, 1.54) is 0 Å². The number of imidazole rings is 1. The molecule has 1 aromatic heterocycles. The first-order chi connectivity index (χ1) is 12.4. The third kappa shape index (κ3) is 3.66. The molecular formula is C19H27N5O2. The van der Waals surface area contributed by atoms with Crippen LogP contribution in [-0.4, -0.2) is 45.4 Å². The minimum Gasteiger partial charge on any atom is -0.340 e. The lowest BCUT2D eigenvalue weighted by atomic mass is 10.0. The maximum absolute atomic E-state index is 12.5. The number of H-pyrrole nitrogens is 1. The Morgan fingerprint density at radius 1 is 1.27 bits per heavy atom. The number of carbonyl (C=O) groups is 2. The number of urea groups is 1. The number of aromatic nitrogens is 2. The molecule has 2 unspecified atom stereocenters. The number of nitrogens with zero attached hydrogens (tertiary/aromatic N) is 2. The summed E-state index contributed by atoms with van der Waals surface area (Å²) in [5, 5.41) is 5.79. The van der Waals surface area contributed by atoms with Crippen molar-refractivity contribution in [2.75, 3.05) is 6.54 Å². The van der Waals surface area contributed by atoms with Gasteiger partial charge < -0.3 is 20.5 Å². The molecule has 7 nitrogen and oxygen atoms in total. The number of nitrogens with one attached hydrogen (secondary N) is 3. The van der Waals surface area contributed by atoms with Gasteiger partial charge in [0.2, 0.25) is 5.91 Å². The molecule has 3 rings (SSSR count). The fourth-order valence-corrected chi connectivity index (χ4v) is 3.36. The molecule has 2 heterocycles. The fraction of sp³-hybridized carbons (Fsp3) is 0.526. The maximum Gasteiger partial charge on any atom is 0.316 e. The average Bonchev–Trinajstić information content (AvgIpc) is 3.16. The van der Waals surface area contributed by atoms with Gasteiger partial charge in [-0.2, -0.15) is 0 Å². The first-order valence-corrected chi connectivity index (χ1v) is 9.19. The van der Waals surface area contributed by atoms with Gasteiger partial charge in [-0.05, 0) is 38.3 Å². The third-order valence-corrected chi connectivity index (χ3v) is 4.82. The highest BCUT2D eigenvalue weighted by atomic mass is 16.2. The van der Waals surface area contributed by atoms with Crippen molar-refractivity contribution in [2.45, 2.75) is 52.2 Å². The quantitative estimate of drug-likeness (QED) is 0.768. The molecule has 2 atom stereocenters. The van der Waals surface area contributed by atoms with E-state index in [0.717, 1.165) is 16.9 Å². The van der Waals surface area contributed by atoms with Gasteiger partial charge in [-0.1, -0.05) is 26.0 Å². The first-order valence-electron chi connectivity index (χ1n) is 9.19. The Morgan fingerprint density at radius 2 is 2.00 bits per heavy atom. The summed E-state index contributed by atoms with van der Waals surface area (Å²) in [5.74, 6) is 0.852. The van der Waals surface area contributed by atoms with Crippen LogP contribution in [0, 0.1) is 5.92 Å². The molecule has 26 heavy (non-hydrogen) atoms. The zero-order valence-corrected chi connectivity index (χ0v) is 15.7. The number of hydrogen-bond acceptors (Lipinski definition) is 3. The molecule has 0 saturated carbocycles. The smallest absolute Gasteiger partial charge is 0.316 e. The summed E-state index contributed by atoms with van der Waals surface area (Å²) in [4.78, 5) is 34.5. The second-order valence-corrected chi connectivity index (χ2v) is 7.45. The van der Waals surface area contributed by atoms with Crippen LogP contribution in [0.2, 0.25) is 0 Å². The molecule has 1 fully saturated rings. The van der Waals surface area contributed by atoms with Gasteiger partial charge in [-0.25, -0.2) is 9.78 Å². The minimum atomic E-state index is -0.458. The van der Waals surface area contributed by atoms with Crippen LogP contribution in [0.3, 0.4) is 0 Å². The van der Waals surface area contributed by atoms with Gasteiger partial charge in [-0.3, -0.25) is 4.79 Å². The maximum atomic E-state index is 12.5. The summed E-state index contributed by atoms with van der Waals surface area (Å²) in [6.07, 6.45) is 0.640. The van der Waals surface area contributed by atoms with Crippen molar-refractivity contribution in [3.05, 3.63) is 30.1 Å². The number of para-hydroxylation sites is 2. The van der Waals surface area contributed by atoms with Crippen molar-refractivity contribution >= 4 is 23.0 Å². The highest BCUT2D eigenvalue weighted by molar-refractivity contribution is 5.89. The average molecular weight is 357 g/mol. The largest absolute Gasteiger partial charge is 0.340 e. The van der Waals surface area contributed by atoms with Gasteiger partial charge in [0.25, 0.3) is 0 Å². The van der Waals surface area contributed by atoms with Crippen LogP contribution in [0.25, 0.3) is 11.0 Å². The van der Waals surface area contributed by atoms with Crippen molar-refractivity contribution in [1.82, 2.24) is 25.5 Å². The van der Waals surface area contributed by atoms with Gasteiger partial charge in [0.1, 0.15) is 11.9 Å². The Balaban J connectivity index is 1.68. The Labute approximate surface area is 153 Å². The molecule has 1 aromatic carbocycles. The van der Waals surface area contributed by atoms with Crippen molar-refractivity contribution in [3.8, 4) is 0 Å². The Bertz CT molecular complexity index is 765. The molecule has 1 aliphatic heterocycles. The van der Waals surface area contributed by atoms with Crippen molar-refractivity contribution in [3.63, 3.8) is 0 Å². The van der Waals surface area contributed by atoms with Gasteiger partial charge in [-0.15, -0.1) is 0 Å². The number of rotatable bonds is 5. The summed E-state index contributed by atoms with van der Waals surface area (Å²) in [6.45, 7) is 8.70. The highest BCUT2D eigenvalue weighted by Crippen LogP contribution is 2.22. The van der Waals surface area contributed by atoms with E-state index < -0.39 is 6.04 Å².